The molecule has 0 amide bonds. The molecule has 1 atom stereocenters. The summed E-state index contributed by atoms with van der Waals surface area (Å²) in [6.45, 7) is 3.11. The van der Waals surface area contributed by atoms with Crippen LogP contribution in [0.4, 0.5) is 0 Å². The first kappa shape index (κ1) is 11.5. The molecule has 0 radical (unpaired) electrons. The maximum absolute atomic E-state index is 4.48. The van der Waals surface area contributed by atoms with Gasteiger partial charge in [-0.05, 0) is 31.0 Å². The summed E-state index contributed by atoms with van der Waals surface area (Å²) in [5.74, 6) is 0.616. The highest BCUT2D eigenvalue weighted by atomic mass is 15.3. The number of benzene rings is 1. The van der Waals surface area contributed by atoms with Gasteiger partial charge in [0.1, 0.15) is 0 Å². The first-order valence-electron chi connectivity index (χ1n) is 6.70. The summed E-state index contributed by atoms with van der Waals surface area (Å²) >= 11 is 0. The van der Waals surface area contributed by atoms with Crippen LogP contribution in [0.3, 0.4) is 0 Å². The van der Waals surface area contributed by atoms with E-state index in [0.29, 0.717) is 5.92 Å². The van der Waals surface area contributed by atoms with Gasteiger partial charge in [-0.25, -0.2) is 0 Å². The number of nitrogens with one attached hydrogen (secondary N) is 1. The zero-order valence-electron chi connectivity index (χ0n) is 10.5. The standard InChI is InChI=1S/C15H19N3/c1-2-5-13(6-3-1)12-18-15(8-10-17-18)14-7-4-9-16-11-14/h1-3,5-6,8,10,14,16H,4,7,9,11-12H2. The maximum Gasteiger partial charge on any atom is 0.0662 e. The van der Waals surface area contributed by atoms with E-state index in [4.69, 9.17) is 0 Å². The predicted octanol–water partition coefficient (Wildman–Crippen LogP) is 2.40. The molecule has 0 spiro atoms. The van der Waals surface area contributed by atoms with E-state index in [2.05, 4.69) is 51.5 Å². The Labute approximate surface area is 108 Å². The number of piperidine rings is 1. The van der Waals surface area contributed by atoms with E-state index in [-0.39, 0.29) is 0 Å². The van der Waals surface area contributed by atoms with E-state index in [1.54, 1.807) is 0 Å². The minimum atomic E-state index is 0.616. The molecule has 3 nitrogen and oxygen atoms in total. The van der Waals surface area contributed by atoms with Crippen molar-refractivity contribution in [1.82, 2.24) is 15.1 Å². The molecule has 3 heteroatoms. The number of hydrogen-bond donors (Lipinski definition) is 1. The van der Waals surface area contributed by atoms with Crippen LogP contribution in [0.2, 0.25) is 0 Å². The van der Waals surface area contributed by atoms with E-state index in [1.165, 1.54) is 24.1 Å². The SMILES string of the molecule is c1ccc(Cn2nccc2C2CCCNC2)cc1. The number of rotatable bonds is 3. The zero-order chi connectivity index (χ0) is 12.2. The zero-order valence-corrected chi connectivity index (χ0v) is 10.5. The molecular formula is C15H19N3. The molecule has 2 aromatic rings. The van der Waals surface area contributed by atoms with Crippen LogP contribution in [0, 0.1) is 0 Å². The minimum Gasteiger partial charge on any atom is -0.316 e. The summed E-state index contributed by atoms with van der Waals surface area (Å²) in [7, 11) is 0. The highest BCUT2D eigenvalue weighted by Gasteiger charge is 2.18. The van der Waals surface area contributed by atoms with Crippen LogP contribution in [-0.4, -0.2) is 22.9 Å². The van der Waals surface area contributed by atoms with E-state index in [9.17, 15) is 0 Å². The molecule has 1 saturated heterocycles. The van der Waals surface area contributed by atoms with Crippen molar-refractivity contribution in [2.45, 2.75) is 25.3 Å². The molecule has 2 heterocycles. The molecular weight excluding hydrogens is 222 g/mol. The average Bonchev–Trinajstić information content (AvgIpc) is 2.89. The third-order valence-electron chi connectivity index (χ3n) is 3.64. The highest BCUT2D eigenvalue weighted by Crippen LogP contribution is 2.23. The summed E-state index contributed by atoms with van der Waals surface area (Å²) in [4.78, 5) is 0. The van der Waals surface area contributed by atoms with E-state index in [1.807, 2.05) is 6.20 Å². The Morgan fingerprint density at radius 3 is 2.89 bits per heavy atom. The van der Waals surface area contributed by atoms with E-state index < -0.39 is 0 Å². The van der Waals surface area contributed by atoms with Gasteiger partial charge in [0.05, 0.1) is 6.54 Å². The van der Waals surface area contributed by atoms with Crippen molar-refractivity contribution < 1.29 is 0 Å². The van der Waals surface area contributed by atoms with Crippen LogP contribution in [0.5, 0.6) is 0 Å². The number of aromatic nitrogens is 2. The van der Waals surface area contributed by atoms with Gasteiger partial charge in [-0.15, -0.1) is 0 Å². The van der Waals surface area contributed by atoms with Crippen LogP contribution in [0.25, 0.3) is 0 Å². The Hall–Kier alpha value is -1.61. The second-order valence-corrected chi connectivity index (χ2v) is 4.94. The Morgan fingerprint density at radius 1 is 1.22 bits per heavy atom. The van der Waals surface area contributed by atoms with Gasteiger partial charge in [0.15, 0.2) is 0 Å². The highest BCUT2D eigenvalue weighted by molar-refractivity contribution is 5.17. The molecule has 94 valence electrons. The molecule has 1 aliphatic rings. The molecule has 1 N–H and O–H groups in total. The third kappa shape index (κ3) is 2.46. The quantitative estimate of drug-likeness (QED) is 0.894. The monoisotopic (exact) mass is 241 g/mol. The lowest BCUT2D eigenvalue weighted by Crippen LogP contribution is -2.29. The lowest BCUT2D eigenvalue weighted by Gasteiger charge is -2.23. The molecule has 0 bridgehead atoms. The molecule has 1 fully saturated rings. The fourth-order valence-electron chi connectivity index (χ4n) is 2.68. The van der Waals surface area contributed by atoms with Gasteiger partial charge < -0.3 is 5.32 Å². The van der Waals surface area contributed by atoms with Crippen molar-refractivity contribution in [2.75, 3.05) is 13.1 Å². The largest absolute Gasteiger partial charge is 0.316 e. The summed E-state index contributed by atoms with van der Waals surface area (Å²) in [6, 6.07) is 12.7. The van der Waals surface area contributed by atoms with Crippen molar-refractivity contribution >= 4 is 0 Å². The van der Waals surface area contributed by atoms with Gasteiger partial charge in [-0.2, -0.15) is 5.10 Å². The lowest BCUT2D eigenvalue weighted by molar-refractivity contribution is 0.436. The minimum absolute atomic E-state index is 0.616. The van der Waals surface area contributed by atoms with Crippen molar-refractivity contribution in [1.29, 1.82) is 0 Å². The van der Waals surface area contributed by atoms with Crippen LogP contribution < -0.4 is 5.32 Å². The normalized spacial score (nSPS) is 19.9. The lowest BCUT2D eigenvalue weighted by atomic mass is 9.96. The van der Waals surface area contributed by atoms with Crippen molar-refractivity contribution in [2.24, 2.45) is 0 Å². The molecule has 3 rings (SSSR count). The third-order valence-corrected chi connectivity index (χ3v) is 3.64. The van der Waals surface area contributed by atoms with Gasteiger partial charge in [0, 0.05) is 24.4 Å². The van der Waals surface area contributed by atoms with Gasteiger partial charge >= 0.3 is 0 Å². The average molecular weight is 241 g/mol. The predicted molar refractivity (Wildman–Crippen MR) is 72.6 cm³/mol. The first-order valence-corrected chi connectivity index (χ1v) is 6.70. The fourth-order valence-corrected chi connectivity index (χ4v) is 2.68. The smallest absolute Gasteiger partial charge is 0.0662 e. The summed E-state index contributed by atoms with van der Waals surface area (Å²) in [6.07, 6.45) is 4.46. The second-order valence-electron chi connectivity index (χ2n) is 4.94. The number of hydrogen-bond acceptors (Lipinski definition) is 2. The first-order chi connectivity index (χ1) is 8.93. The summed E-state index contributed by atoms with van der Waals surface area (Å²) < 4.78 is 2.15. The molecule has 0 saturated carbocycles. The topological polar surface area (TPSA) is 29.9 Å². The maximum atomic E-state index is 4.48. The van der Waals surface area contributed by atoms with E-state index >= 15 is 0 Å². The molecule has 18 heavy (non-hydrogen) atoms. The molecule has 1 unspecified atom stereocenters. The van der Waals surface area contributed by atoms with Crippen LogP contribution in [0.15, 0.2) is 42.6 Å². The number of nitrogens with zero attached hydrogens (tertiary/aromatic N) is 2. The van der Waals surface area contributed by atoms with Gasteiger partial charge in [-0.1, -0.05) is 30.3 Å². The van der Waals surface area contributed by atoms with Crippen molar-refractivity contribution in [3.63, 3.8) is 0 Å². The summed E-state index contributed by atoms with van der Waals surface area (Å²) in [5, 5.41) is 7.95. The van der Waals surface area contributed by atoms with Crippen molar-refractivity contribution in [3.05, 3.63) is 53.9 Å². The van der Waals surface area contributed by atoms with Gasteiger partial charge in [-0.3, -0.25) is 4.68 Å². The van der Waals surface area contributed by atoms with Gasteiger partial charge in [0.2, 0.25) is 0 Å². The molecule has 1 aliphatic heterocycles. The molecule has 0 aliphatic carbocycles. The Morgan fingerprint density at radius 2 is 2.11 bits per heavy atom. The molecule has 1 aromatic carbocycles. The van der Waals surface area contributed by atoms with Crippen LogP contribution in [0.1, 0.15) is 30.0 Å². The second kappa shape index (κ2) is 5.36. The Balaban J connectivity index is 1.78. The van der Waals surface area contributed by atoms with Crippen LogP contribution in [-0.2, 0) is 6.54 Å². The van der Waals surface area contributed by atoms with E-state index in [0.717, 1.165) is 19.6 Å². The summed E-state index contributed by atoms with van der Waals surface area (Å²) in [5.41, 5.74) is 2.68. The van der Waals surface area contributed by atoms with Gasteiger partial charge in [0.25, 0.3) is 0 Å². The Bertz CT molecular complexity index is 483. The molecule has 1 aromatic heterocycles. The van der Waals surface area contributed by atoms with Crippen LogP contribution >= 0.6 is 0 Å². The van der Waals surface area contributed by atoms with Crippen molar-refractivity contribution in [3.8, 4) is 0 Å². The fraction of sp³-hybridized carbons (Fsp3) is 0.400. The Kier molecular flexibility index (Phi) is 3.42.